The van der Waals surface area contributed by atoms with E-state index in [1.807, 2.05) is 6.07 Å². The number of carboxylic acid groups (broad SMARTS) is 1. The molecule has 0 aliphatic carbocycles. The first-order valence-corrected chi connectivity index (χ1v) is 5.56. The van der Waals surface area contributed by atoms with E-state index in [2.05, 4.69) is 4.98 Å². The van der Waals surface area contributed by atoms with Gasteiger partial charge in [0.05, 0.1) is 11.6 Å². The Kier molecular flexibility index (Phi) is 3.64. The van der Waals surface area contributed by atoms with Crippen molar-refractivity contribution >= 4 is 17.6 Å². The number of hydrogen-bond donors (Lipinski definition) is 1. The Hall–Kier alpha value is -2.58. The lowest BCUT2D eigenvalue weighted by atomic mass is 10.2. The van der Waals surface area contributed by atoms with Crippen molar-refractivity contribution in [2.75, 3.05) is 0 Å². The van der Waals surface area contributed by atoms with Gasteiger partial charge in [0.25, 0.3) is 0 Å². The van der Waals surface area contributed by atoms with Crippen molar-refractivity contribution in [2.45, 2.75) is 0 Å². The normalized spacial score (nSPS) is 9.68. The highest BCUT2D eigenvalue weighted by Gasteiger charge is 2.14. The van der Waals surface area contributed by atoms with Crippen LogP contribution in [0.2, 0.25) is 5.15 Å². The first kappa shape index (κ1) is 12.9. The van der Waals surface area contributed by atoms with Gasteiger partial charge in [-0.1, -0.05) is 17.7 Å². The van der Waals surface area contributed by atoms with Gasteiger partial charge in [-0.15, -0.1) is 0 Å². The van der Waals surface area contributed by atoms with Gasteiger partial charge in [-0.3, -0.25) is 0 Å². The van der Waals surface area contributed by atoms with Crippen molar-refractivity contribution in [3.05, 3.63) is 52.7 Å². The van der Waals surface area contributed by atoms with Crippen LogP contribution in [0.4, 0.5) is 0 Å². The molecule has 0 saturated heterocycles. The highest BCUT2D eigenvalue weighted by atomic mass is 35.5. The summed E-state index contributed by atoms with van der Waals surface area (Å²) in [6.07, 6.45) is 0. The summed E-state index contributed by atoms with van der Waals surface area (Å²) >= 11 is 5.71. The standard InChI is InChI=1S/C13H7ClN2O3/c14-11-5-4-10(13(17)18)12(16-11)19-9-3-1-2-8(6-9)7-15/h1-6H,(H,17,18). The molecule has 0 spiro atoms. The summed E-state index contributed by atoms with van der Waals surface area (Å²) in [4.78, 5) is 14.9. The number of aromatic nitrogens is 1. The number of carboxylic acids is 1. The maximum absolute atomic E-state index is 11.0. The summed E-state index contributed by atoms with van der Waals surface area (Å²) < 4.78 is 5.37. The monoisotopic (exact) mass is 274 g/mol. The largest absolute Gasteiger partial charge is 0.477 e. The quantitative estimate of drug-likeness (QED) is 0.870. The first-order valence-electron chi connectivity index (χ1n) is 5.18. The van der Waals surface area contributed by atoms with Crippen LogP contribution in [-0.4, -0.2) is 16.1 Å². The minimum Gasteiger partial charge on any atom is -0.477 e. The summed E-state index contributed by atoms with van der Waals surface area (Å²) in [5, 5.41) is 17.9. The van der Waals surface area contributed by atoms with Gasteiger partial charge >= 0.3 is 5.97 Å². The Bertz CT molecular complexity index is 680. The van der Waals surface area contributed by atoms with Crippen LogP contribution in [0.1, 0.15) is 15.9 Å². The molecule has 0 fully saturated rings. The number of carbonyl (C=O) groups is 1. The third-order valence-corrected chi connectivity index (χ3v) is 2.44. The van der Waals surface area contributed by atoms with Gasteiger partial charge in [-0.2, -0.15) is 5.26 Å². The predicted molar refractivity (Wildman–Crippen MR) is 67.4 cm³/mol. The van der Waals surface area contributed by atoms with Crippen molar-refractivity contribution in [2.24, 2.45) is 0 Å². The molecule has 0 radical (unpaired) electrons. The van der Waals surface area contributed by atoms with Crippen LogP contribution in [0.15, 0.2) is 36.4 Å². The molecule has 1 heterocycles. The van der Waals surface area contributed by atoms with Crippen LogP contribution < -0.4 is 4.74 Å². The zero-order valence-corrected chi connectivity index (χ0v) is 10.3. The Morgan fingerprint density at radius 1 is 1.37 bits per heavy atom. The number of ether oxygens (including phenoxy) is 1. The van der Waals surface area contributed by atoms with Crippen molar-refractivity contribution in [1.82, 2.24) is 4.98 Å². The molecule has 2 rings (SSSR count). The molecule has 6 heteroatoms. The van der Waals surface area contributed by atoms with Crippen LogP contribution in [0.5, 0.6) is 11.6 Å². The van der Waals surface area contributed by atoms with Crippen LogP contribution in [0.25, 0.3) is 0 Å². The first-order chi connectivity index (χ1) is 9.10. The van der Waals surface area contributed by atoms with Gasteiger partial charge < -0.3 is 9.84 Å². The highest BCUT2D eigenvalue weighted by Crippen LogP contribution is 2.25. The SMILES string of the molecule is N#Cc1cccc(Oc2nc(Cl)ccc2C(=O)O)c1. The van der Waals surface area contributed by atoms with E-state index in [0.29, 0.717) is 11.3 Å². The Labute approximate surface area is 113 Å². The lowest BCUT2D eigenvalue weighted by Gasteiger charge is -2.07. The highest BCUT2D eigenvalue weighted by molar-refractivity contribution is 6.29. The van der Waals surface area contributed by atoms with Gasteiger partial charge in [-0.25, -0.2) is 9.78 Å². The summed E-state index contributed by atoms with van der Waals surface area (Å²) in [7, 11) is 0. The molecule has 2 aromatic rings. The predicted octanol–water partition coefficient (Wildman–Crippen LogP) is 3.10. The second-order valence-electron chi connectivity index (χ2n) is 3.53. The van der Waals surface area contributed by atoms with Crippen LogP contribution >= 0.6 is 11.6 Å². The number of benzene rings is 1. The second-order valence-corrected chi connectivity index (χ2v) is 3.92. The van der Waals surface area contributed by atoms with E-state index in [1.54, 1.807) is 18.2 Å². The van der Waals surface area contributed by atoms with Crippen LogP contribution in [0.3, 0.4) is 0 Å². The van der Waals surface area contributed by atoms with Crippen molar-refractivity contribution in [1.29, 1.82) is 5.26 Å². The molecule has 0 aliphatic rings. The lowest BCUT2D eigenvalue weighted by Crippen LogP contribution is -2.02. The van der Waals surface area contributed by atoms with Gasteiger partial charge in [0.15, 0.2) is 0 Å². The fourth-order valence-electron chi connectivity index (χ4n) is 1.40. The zero-order valence-electron chi connectivity index (χ0n) is 9.50. The molecule has 1 aromatic carbocycles. The van der Waals surface area contributed by atoms with E-state index in [0.717, 1.165) is 0 Å². The Morgan fingerprint density at radius 3 is 2.84 bits per heavy atom. The van der Waals surface area contributed by atoms with Gasteiger partial charge in [0.1, 0.15) is 16.5 Å². The molecule has 0 unspecified atom stereocenters. The average molecular weight is 275 g/mol. The van der Waals surface area contributed by atoms with E-state index in [1.165, 1.54) is 18.2 Å². The maximum atomic E-state index is 11.0. The van der Waals surface area contributed by atoms with Crippen molar-refractivity contribution in [3.63, 3.8) is 0 Å². The van der Waals surface area contributed by atoms with E-state index in [4.69, 9.17) is 26.7 Å². The molecule has 0 amide bonds. The zero-order chi connectivity index (χ0) is 13.8. The van der Waals surface area contributed by atoms with E-state index < -0.39 is 5.97 Å². The summed E-state index contributed by atoms with van der Waals surface area (Å²) in [6.45, 7) is 0. The fraction of sp³-hybridized carbons (Fsp3) is 0. The van der Waals surface area contributed by atoms with Gasteiger partial charge in [0, 0.05) is 0 Å². The number of nitriles is 1. The third kappa shape index (κ3) is 3.00. The Morgan fingerprint density at radius 2 is 2.16 bits per heavy atom. The van der Waals surface area contributed by atoms with E-state index in [9.17, 15) is 4.79 Å². The van der Waals surface area contributed by atoms with Crippen LogP contribution in [-0.2, 0) is 0 Å². The molecule has 1 aromatic heterocycles. The summed E-state index contributed by atoms with van der Waals surface area (Å²) in [6, 6.07) is 10.9. The van der Waals surface area contributed by atoms with E-state index in [-0.39, 0.29) is 16.6 Å². The number of halogens is 1. The number of aromatic carboxylic acids is 1. The topological polar surface area (TPSA) is 83.2 Å². The molecule has 1 N–H and O–H groups in total. The number of hydrogen-bond acceptors (Lipinski definition) is 4. The molecule has 19 heavy (non-hydrogen) atoms. The average Bonchev–Trinajstić information content (AvgIpc) is 2.38. The smallest absolute Gasteiger partial charge is 0.341 e. The molecule has 0 saturated carbocycles. The Balaban J connectivity index is 2.40. The van der Waals surface area contributed by atoms with Gasteiger partial charge in [0.2, 0.25) is 5.88 Å². The second kappa shape index (κ2) is 5.38. The van der Waals surface area contributed by atoms with Crippen molar-refractivity contribution in [3.8, 4) is 17.7 Å². The van der Waals surface area contributed by atoms with Gasteiger partial charge in [-0.05, 0) is 30.3 Å². The molecular formula is C13H7ClN2O3. The molecular weight excluding hydrogens is 268 g/mol. The van der Waals surface area contributed by atoms with Crippen molar-refractivity contribution < 1.29 is 14.6 Å². The minimum atomic E-state index is -1.17. The third-order valence-electron chi connectivity index (χ3n) is 2.23. The number of pyridine rings is 1. The van der Waals surface area contributed by atoms with Crippen LogP contribution in [0, 0.1) is 11.3 Å². The molecule has 5 nitrogen and oxygen atoms in total. The maximum Gasteiger partial charge on any atom is 0.341 e. The summed E-state index contributed by atoms with van der Waals surface area (Å²) in [5.74, 6) is -0.970. The number of rotatable bonds is 3. The molecule has 0 bridgehead atoms. The lowest BCUT2D eigenvalue weighted by molar-refractivity contribution is 0.0693. The molecule has 94 valence electrons. The summed E-state index contributed by atoms with van der Waals surface area (Å²) in [5.41, 5.74) is 0.295. The minimum absolute atomic E-state index is 0.105. The molecule has 0 atom stereocenters. The number of nitrogens with zero attached hydrogens (tertiary/aromatic N) is 2. The fourth-order valence-corrected chi connectivity index (χ4v) is 1.54. The molecule has 0 aliphatic heterocycles. The van der Waals surface area contributed by atoms with E-state index >= 15 is 0 Å².